The van der Waals surface area contributed by atoms with Gasteiger partial charge in [-0.15, -0.1) is 0 Å². The van der Waals surface area contributed by atoms with Gasteiger partial charge in [0.1, 0.15) is 0 Å². The molecule has 0 radical (unpaired) electrons. The largest absolute Gasteiger partial charge is 0.379 e. The lowest BCUT2D eigenvalue weighted by Gasteiger charge is -2.26. The molecule has 178 valence electrons. The van der Waals surface area contributed by atoms with Crippen LogP contribution < -0.4 is 5.32 Å². The Balaban J connectivity index is 1.40. The topological polar surface area (TPSA) is 109 Å². The minimum atomic E-state index is -3.65. The Bertz CT molecular complexity index is 1490. The van der Waals surface area contributed by atoms with Crippen LogP contribution in [0.4, 0.5) is 5.69 Å². The molecule has 1 amide bonds. The first-order valence-corrected chi connectivity index (χ1v) is 12.6. The lowest BCUT2D eigenvalue weighted by Crippen LogP contribution is -2.40. The Morgan fingerprint density at radius 3 is 2.23 bits per heavy atom. The van der Waals surface area contributed by atoms with Crippen LogP contribution >= 0.6 is 0 Å². The van der Waals surface area contributed by atoms with E-state index in [2.05, 4.69) is 10.3 Å². The number of anilines is 1. The molecule has 1 aliphatic heterocycles. The maximum Gasteiger partial charge on any atom is 0.296 e. The van der Waals surface area contributed by atoms with Gasteiger partial charge in [-0.2, -0.15) is 4.31 Å². The van der Waals surface area contributed by atoms with Crippen LogP contribution in [0.3, 0.4) is 0 Å². The van der Waals surface area contributed by atoms with Crippen LogP contribution in [0.5, 0.6) is 0 Å². The number of benzene rings is 3. The van der Waals surface area contributed by atoms with Crippen molar-refractivity contribution in [3.63, 3.8) is 0 Å². The van der Waals surface area contributed by atoms with E-state index in [0.717, 1.165) is 11.1 Å². The Labute approximate surface area is 202 Å². The van der Waals surface area contributed by atoms with Crippen molar-refractivity contribution >= 4 is 38.3 Å². The van der Waals surface area contributed by atoms with Crippen LogP contribution in [0, 0.1) is 0 Å². The number of ketones is 1. The quantitative estimate of drug-likeness (QED) is 0.317. The fraction of sp³-hybridized carbons (Fsp3) is 0.154. The summed E-state index contributed by atoms with van der Waals surface area (Å²) in [6, 6.07) is 22.5. The molecule has 1 fully saturated rings. The van der Waals surface area contributed by atoms with Crippen LogP contribution in [0.2, 0.25) is 0 Å². The van der Waals surface area contributed by atoms with E-state index in [1.54, 1.807) is 6.07 Å². The highest BCUT2D eigenvalue weighted by Gasteiger charge is 2.27. The normalized spacial score (nSPS) is 14.6. The van der Waals surface area contributed by atoms with E-state index in [9.17, 15) is 18.0 Å². The molecule has 4 aromatic rings. The average molecular weight is 490 g/mol. The van der Waals surface area contributed by atoms with Gasteiger partial charge in [0.2, 0.25) is 10.0 Å². The van der Waals surface area contributed by atoms with E-state index in [1.807, 2.05) is 48.5 Å². The van der Waals surface area contributed by atoms with Gasteiger partial charge < -0.3 is 15.0 Å². The van der Waals surface area contributed by atoms with Gasteiger partial charge in [-0.3, -0.25) is 9.59 Å². The predicted molar refractivity (Wildman–Crippen MR) is 133 cm³/mol. The van der Waals surface area contributed by atoms with Crippen molar-refractivity contribution in [2.24, 2.45) is 0 Å². The number of ether oxygens (including phenoxy) is 1. The molecule has 0 spiro atoms. The summed E-state index contributed by atoms with van der Waals surface area (Å²) in [6.07, 6.45) is 0. The average Bonchev–Trinajstić information content (AvgIpc) is 3.29. The first-order valence-electron chi connectivity index (χ1n) is 11.1. The highest BCUT2D eigenvalue weighted by atomic mass is 32.2. The second kappa shape index (κ2) is 9.46. The number of rotatable bonds is 6. The first kappa shape index (κ1) is 23.0. The van der Waals surface area contributed by atoms with Crippen molar-refractivity contribution in [3.05, 3.63) is 84.4 Å². The SMILES string of the molecule is O=C(Nc1ccc(S(=O)(=O)N2CCOCC2)cc1)C(=O)c1c(-c2ccccc2)[nH]c2ccccc12. The highest BCUT2D eigenvalue weighted by Crippen LogP contribution is 2.31. The van der Waals surface area contributed by atoms with Crippen molar-refractivity contribution in [2.75, 3.05) is 31.6 Å². The van der Waals surface area contributed by atoms with Crippen molar-refractivity contribution in [1.29, 1.82) is 0 Å². The maximum atomic E-state index is 13.3. The summed E-state index contributed by atoms with van der Waals surface area (Å²) in [6.45, 7) is 1.30. The number of Topliss-reactive ketones (excluding diaryl/α,β-unsaturated/α-hetero) is 1. The second-order valence-electron chi connectivity index (χ2n) is 8.11. The lowest BCUT2D eigenvalue weighted by molar-refractivity contribution is -0.112. The van der Waals surface area contributed by atoms with Gasteiger partial charge in [0.25, 0.3) is 11.7 Å². The number of para-hydroxylation sites is 1. The molecule has 2 heterocycles. The van der Waals surface area contributed by atoms with Crippen LogP contribution in [0.15, 0.2) is 83.8 Å². The predicted octanol–water partition coefficient (Wildman–Crippen LogP) is 3.68. The van der Waals surface area contributed by atoms with E-state index >= 15 is 0 Å². The van der Waals surface area contributed by atoms with Crippen molar-refractivity contribution < 1.29 is 22.7 Å². The number of nitrogens with one attached hydrogen (secondary N) is 2. The third kappa shape index (κ3) is 4.49. The number of aromatic amines is 1. The third-order valence-corrected chi connectivity index (χ3v) is 7.83. The Morgan fingerprint density at radius 1 is 0.857 bits per heavy atom. The molecule has 8 nitrogen and oxygen atoms in total. The molecule has 35 heavy (non-hydrogen) atoms. The Morgan fingerprint density at radius 2 is 1.51 bits per heavy atom. The lowest BCUT2D eigenvalue weighted by atomic mass is 10.0. The molecule has 0 aliphatic carbocycles. The Hall–Kier alpha value is -3.79. The summed E-state index contributed by atoms with van der Waals surface area (Å²) in [5.74, 6) is -1.50. The van der Waals surface area contributed by atoms with Gasteiger partial charge in [-0.25, -0.2) is 8.42 Å². The van der Waals surface area contributed by atoms with Crippen LogP contribution in [0.1, 0.15) is 10.4 Å². The summed E-state index contributed by atoms with van der Waals surface area (Å²) >= 11 is 0. The maximum absolute atomic E-state index is 13.3. The number of H-pyrrole nitrogens is 1. The van der Waals surface area contributed by atoms with Gasteiger partial charge in [0, 0.05) is 29.7 Å². The summed E-state index contributed by atoms with van der Waals surface area (Å²) in [5.41, 5.74) is 2.72. The zero-order valence-corrected chi connectivity index (χ0v) is 19.5. The summed E-state index contributed by atoms with van der Waals surface area (Å²) in [7, 11) is -3.65. The number of aromatic nitrogens is 1. The number of morpholine rings is 1. The zero-order valence-electron chi connectivity index (χ0n) is 18.7. The summed E-state index contributed by atoms with van der Waals surface area (Å²) in [4.78, 5) is 29.6. The molecule has 1 aromatic heterocycles. The fourth-order valence-electron chi connectivity index (χ4n) is 4.15. The number of hydrogen-bond donors (Lipinski definition) is 2. The van der Waals surface area contributed by atoms with Crippen LogP contribution in [-0.2, 0) is 19.6 Å². The van der Waals surface area contributed by atoms with E-state index in [4.69, 9.17) is 4.74 Å². The standard InChI is InChI=1S/C26H23N3O5S/c30-25(23-21-8-4-5-9-22(21)28-24(23)18-6-2-1-3-7-18)26(31)27-19-10-12-20(13-11-19)35(32,33)29-14-16-34-17-15-29/h1-13,28H,14-17H2,(H,27,31). The molecule has 0 saturated carbocycles. The molecule has 0 unspecified atom stereocenters. The first-order chi connectivity index (χ1) is 16.9. The molecule has 1 aliphatic rings. The third-order valence-electron chi connectivity index (χ3n) is 5.92. The van der Waals surface area contributed by atoms with E-state index < -0.39 is 21.7 Å². The molecule has 3 aromatic carbocycles. The van der Waals surface area contributed by atoms with Crippen molar-refractivity contribution in [1.82, 2.24) is 9.29 Å². The van der Waals surface area contributed by atoms with Gasteiger partial charge in [0.15, 0.2) is 0 Å². The molecular weight excluding hydrogens is 466 g/mol. The number of carbonyl (C=O) groups excluding carboxylic acids is 2. The smallest absolute Gasteiger partial charge is 0.296 e. The number of nitrogens with zero attached hydrogens (tertiary/aromatic N) is 1. The minimum Gasteiger partial charge on any atom is -0.379 e. The highest BCUT2D eigenvalue weighted by molar-refractivity contribution is 7.89. The molecular formula is C26H23N3O5S. The number of sulfonamides is 1. The van der Waals surface area contributed by atoms with Crippen LogP contribution in [-0.4, -0.2) is 55.7 Å². The molecule has 2 N–H and O–H groups in total. The van der Waals surface area contributed by atoms with E-state index in [1.165, 1.54) is 28.6 Å². The van der Waals surface area contributed by atoms with E-state index in [-0.39, 0.29) is 10.5 Å². The minimum absolute atomic E-state index is 0.117. The number of carbonyl (C=O) groups is 2. The van der Waals surface area contributed by atoms with Crippen molar-refractivity contribution in [2.45, 2.75) is 4.90 Å². The van der Waals surface area contributed by atoms with E-state index in [0.29, 0.717) is 43.1 Å². The second-order valence-corrected chi connectivity index (χ2v) is 10.0. The van der Waals surface area contributed by atoms with Gasteiger partial charge in [-0.05, 0) is 35.9 Å². The number of fused-ring (bicyclic) bond motifs is 1. The van der Waals surface area contributed by atoms with Gasteiger partial charge in [-0.1, -0.05) is 48.5 Å². The molecule has 9 heteroatoms. The number of hydrogen-bond acceptors (Lipinski definition) is 5. The van der Waals surface area contributed by atoms with Crippen LogP contribution in [0.25, 0.3) is 22.2 Å². The monoisotopic (exact) mass is 489 g/mol. The van der Waals surface area contributed by atoms with Crippen molar-refractivity contribution in [3.8, 4) is 11.3 Å². The fourth-order valence-corrected chi connectivity index (χ4v) is 5.55. The summed E-state index contributed by atoms with van der Waals surface area (Å²) in [5, 5.41) is 3.25. The molecule has 0 bridgehead atoms. The van der Waals surface area contributed by atoms with Gasteiger partial charge >= 0.3 is 0 Å². The molecule has 5 rings (SSSR count). The number of amides is 1. The molecule has 0 atom stereocenters. The molecule has 1 saturated heterocycles. The van der Waals surface area contributed by atoms with Gasteiger partial charge in [0.05, 0.1) is 29.4 Å². The zero-order chi connectivity index (χ0) is 24.4. The Kier molecular flexibility index (Phi) is 6.21. The summed E-state index contributed by atoms with van der Waals surface area (Å²) < 4.78 is 32.2.